The normalized spacial score (nSPS) is 20.8. The molecule has 0 fully saturated rings. The van der Waals surface area contributed by atoms with Gasteiger partial charge in [-0.05, 0) is 46.2 Å². The molecule has 4 aromatic carbocycles. The minimum Gasteiger partial charge on any atom is -0.493 e. The van der Waals surface area contributed by atoms with Crippen LogP contribution in [0.2, 0.25) is 0 Å². The van der Waals surface area contributed by atoms with Crippen LogP contribution in [0.25, 0.3) is 10.8 Å². The van der Waals surface area contributed by atoms with Crippen LogP contribution in [0.15, 0.2) is 96.7 Å². The minimum absolute atomic E-state index is 0.0607. The summed E-state index contributed by atoms with van der Waals surface area (Å²) >= 11 is 0. The number of allylic oxidation sites excluding steroid dienone is 1. The van der Waals surface area contributed by atoms with E-state index in [2.05, 4.69) is 65.2 Å². The molecule has 3 atom stereocenters. The van der Waals surface area contributed by atoms with E-state index in [1.54, 1.807) is 14.2 Å². The van der Waals surface area contributed by atoms with Gasteiger partial charge < -0.3 is 20.1 Å². The fraction of sp³-hybridized carbons (Fsp3) is 0.194. The Labute approximate surface area is 210 Å². The lowest BCUT2D eigenvalue weighted by Crippen LogP contribution is -2.34. The molecule has 0 aromatic heterocycles. The number of ether oxygens (including phenoxy) is 2. The largest absolute Gasteiger partial charge is 0.493 e. The van der Waals surface area contributed by atoms with E-state index in [9.17, 15) is 4.79 Å². The van der Waals surface area contributed by atoms with Gasteiger partial charge in [0.15, 0.2) is 11.5 Å². The van der Waals surface area contributed by atoms with Gasteiger partial charge >= 0.3 is 0 Å². The standard InChI is InChI=1S/C31H28N2O3/c1-35-28-15-14-20(18-29(28)36-2)21-16-26-30(27(34)17-21)31(33-25-13-6-5-12-24(25)32-26)23-11-7-9-19-8-3-4-10-22(19)23/h3-16,18,21,30-33H,17H2,1-2H3. The number of anilines is 2. The fourth-order valence-electron chi connectivity index (χ4n) is 5.58. The lowest BCUT2D eigenvalue weighted by molar-refractivity contribution is -0.122. The molecule has 5 nitrogen and oxygen atoms in total. The van der Waals surface area contributed by atoms with Gasteiger partial charge in [0.25, 0.3) is 0 Å². The van der Waals surface area contributed by atoms with E-state index in [-0.39, 0.29) is 23.7 Å². The van der Waals surface area contributed by atoms with Crippen LogP contribution in [0, 0.1) is 5.92 Å². The van der Waals surface area contributed by atoms with Gasteiger partial charge in [0.1, 0.15) is 5.78 Å². The van der Waals surface area contributed by atoms with E-state index in [4.69, 9.17) is 9.47 Å². The highest BCUT2D eigenvalue weighted by Crippen LogP contribution is 2.46. The smallest absolute Gasteiger partial charge is 0.161 e. The second kappa shape index (κ2) is 9.08. The third-order valence-corrected chi connectivity index (χ3v) is 7.33. The van der Waals surface area contributed by atoms with Crippen LogP contribution in [-0.2, 0) is 4.79 Å². The first-order valence-electron chi connectivity index (χ1n) is 12.2. The first kappa shape index (κ1) is 22.2. The summed E-state index contributed by atoms with van der Waals surface area (Å²) < 4.78 is 10.9. The summed E-state index contributed by atoms with van der Waals surface area (Å²) in [6, 6.07) is 28.5. The second-order valence-electron chi connectivity index (χ2n) is 9.35. The number of rotatable bonds is 4. The van der Waals surface area contributed by atoms with E-state index in [1.807, 2.05) is 36.4 Å². The van der Waals surface area contributed by atoms with Gasteiger partial charge in [-0.15, -0.1) is 0 Å². The maximum absolute atomic E-state index is 13.9. The molecule has 6 rings (SSSR count). The number of carbonyl (C=O) groups is 1. The Morgan fingerprint density at radius 3 is 2.39 bits per heavy atom. The monoisotopic (exact) mass is 476 g/mol. The Bertz CT molecular complexity index is 1490. The van der Waals surface area contributed by atoms with Gasteiger partial charge in [-0.25, -0.2) is 0 Å². The number of nitrogens with one attached hydrogen (secondary N) is 2. The minimum atomic E-state index is -0.334. The number of Topliss-reactive ketones (excluding diaryl/α,β-unsaturated/α-hetero) is 1. The quantitative estimate of drug-likeness (QED) is 0.344. The molecule has 0 saturated carbocycles. The van der Waals surface area contributed by atoms with Crippen LogP contribution in [0.1, 0.15) is 29.5 Å². The van der Waals surface area contributed by atoms with Crippen LogP contribution >= 0.6 is 0 Å². The topological polar surface area (TPSA) is 59.6 Å². The molecule has 36 heavy (non-hydrogen) atoms. The number of ketones is 1. The van der Waals surface area contributed by atoms with Crippen LogP contribution in [0.3, 0.4) is 0 Å². The van der Waals surface area contributed by atoms with Gasteiger partial charge in [-0.3, -0.25) is 4.79 Å². The molecule has 0 radical (unpaired) electrons. The van der Waals surface area contributed by atoms with E-state index >= 15 is 0 Å². The molecule has 4 aromatic rings. The number of para-hydroxylation sites is 2. The van der Waals surface area contributed by atoms with Crippen LogP contribution in [-0.4, -0.2) is 20.0 Å². The Balaban J connectivity index is 1.49. The highest BCUT2D eigenvalue weighted by molar-refractivity contribution is 5.93. The molecular formula is C31H28N2O3. The van der Waals surface area contributed by atoms with Gasteiger partial charge in [0.05, 0.1) is 37.6 Å². The lowest BCUT2D eigenvalue weighted by atomic mass is 9.76. The van der Waals surface area contributed by atoms with Crippen molar-refractivity contribution in [3.63, 3.8) is 0 Å². The predicted octanol–water partition coefficient (Wildman–Crippen LogP) is 6.69. The second-order valence-corrected chi connectivity index (χ2v) is 9.35. The van der Waals surface area contributed by atoms with Crippen LogP contribution in [0.4, 0.5) is 11.4 Å². The Hall–Kier alpha value is -4.25. The average Bonchev–Trinajstić information content (AvgIpc) is 3.09. The maximum atomic E-state index is 13.9. The van der Waals surface area contributed by atoms with E-state index < -0.39 is 0 Å². The molecule has 5 heteroatoms. The number of methoxy groups -OCH3 is 2. The molecule has 1 aliphatic carbocycles. The molecule has 180 valence electrons. The molecule has 1 aliphatic heterocycles. The molecule has 0 spiro atoms. The average molecular weight is 477 g/mol. The van der Waals surface area contributed by atoms with Crippen molar-refractivity contribution in [3.05, 3.63) is 108 Å². The highest BCUT2D eigenvalue weighted by Gasteiger charge is 2.40. The number of hydrogen-bond donors (Lipinski definition) is 2. The third kappa shape index (κ3) is 3.77. The molecular weight excluding hydrogens is 448 g/mol. The molecule has 0 amide bonds. The van der Waals surface area contributed by atoms with Gasteiger partial charge in [0.2, 0.25) is 0 Å². The van der Waals surface area contributed by atoms with E-state index in [1.165, 1.54) is 5.39 Å². The van der Waals surface area contributed by atoms with Gasteiger partial charge in [0, 0.05) is 18.0 Å². The van der Waals surface area contributed by atoms with Crippen molar-refractivity contribution in [3.8, 4) is 11.5 Å². The van der Waals surface area contributed by atoms with Crippen LogP contribution < -0.4 is 20.1 Å². The number of hydrogen-bond acceptors (Lipinski definition) is 5. The molecule has 0 saturated heterocycles. The molecule has 0 bridgehead atoms. The molecule has 3 unspecified atom stereocenters. The van der Waals surface area contributed by atoms with Crippen molar-refractivity contribution in [1.82, 2.24) is 0 Å². The summed E-state index contributed by atoms with van der Waals surface area (Å²) in [7, 11) is 3.26. The SMILES string of the molecule is COc1ccc(C2C=C3Nc4ccccc4NC(c4cccc5ccccc45)C3C(=O)C2)cc1OC. The van der Waals surface area contributed by atoms with Crippen molar-refractivity contribution in [2.24, 2.45) is 5.92 Å². The summed E-state index contributed by atoms with van der Waals surface area (Å²) in [4.78, 5) is 13.9. The van der Waals surface area contributed by atoms with Crippen molar-refractivity contribution >= 4 is 27.9 Å². The predicted molar refractivity (Wildman–Crippen MR) is 144 cm³/mol. The Morgan fingerprint density at radius 1 is 0.806 bits per heavy atom. The van der Waals surface area contributed by atoms with E-state index in [0.29, 0.717) is 17.9 Å². The summed E-state index contributed by atoms with van der Waals surface area (Å²) in [5, 5.41) is 9.66. The first-order chi connectivity index (χ1) is 17.7. The maximum Gasteiger partial charge on any atom is 0.161 e. The number of carbonyl (C=O) groups excluding carboxylic acids is 1. The summed E-state index contributed by atoms with van der Waals surface area (Å²) in [5.41, 5.74) is 5.04. The lowest BCUT2D eigenvalue weighted by Gasteiger charge is -2.33. The van der Waals surface area contributed by atoms with Gasteiger partial charge in [-0.2, -0.15) is 0 Å². The van der Waals surface area contributed by atoms with Crippen molar-refractivity contribution in [2.45, 2.75) is 18.4 Å². The van der Waals surface area contributed by atoms with Crippen molar-refractivity contribution < 1.29 is 14.3 Å². The zero-order valence-electron chi connectivity index (χ0n) is 20.3. The molecule has 2 aliphatic rings. The summed E-state index contributed by atoms with van der Waals surface area (Å²) in [5.74, 6) is 1.15. The fourth-order valence-corrected chi connectivity index (χ4v) is 5.58. The van der Waals surface area contributed by atoms with E-state index in [0.717, 1.165) is 33.6 Å². The Morgan fingerprint density at radius 2 is 1.56 bits per heavy atom. The summed E-state index contributed by atoms with van der Waals surface area (Å²) in [6.45, 7) is 0. The van der Waals surface area contributed by atoms with Gasteiger partial charge in [-0.1, -0.05) is 66.7 Å². The third-order valence-electron chi connectivity index (χ3n) is 7.33. The zero-order chi connectivity index (χ0) is 24.6. The van der Waals surface area contributed by atoms with Crippen LogP contribution in [0.5, 0.6) is 11.5 Å². The number of fused-ring (bicyclic) bond motifs is 3. The zero-order valence-corrected chi connectivity index (χ0v) is 20.3. The first-order valence-corrected chi connectivity index (χ1v) is 12.2. The molecule has 1 heterocycles. The van der Waals surface area contributed by atoms with Crippen molar-refractivity contribution in [2.75, 3.05) is 24.9 Å². The number of benzene rings is 4. The Kier molecular flexibility index (Phi) is 5.61. The molecule has 2 N–H and O–H groups in total. The van der Waals surface area contributed by atoms with Crippen molar-refractivity contribution in [1.29, 1.82) is 0 Å². The summed E-state index contributed by atoms with van der Waals surface area (Å²) in [6.07, 6.45) is 2.64. The highest BCUT2D eigenvalue weighted by atomic mass is 16.5.